The molecule has 5 heteroatoms. The minimum Gasteiger partial charge on any atom is -0.351 e. The summed E-state index contributed by atoms with van der Waals surface area (Å²) in [6.07, 6.45) is 5.55. The number of amides is 1. The van der Waals surface area contributed by atoms with Gasteiger partial charge in [-0.1, -0.05) is 23.7 Å². The first-order valence-corrected chi connectivity index (χ1v) is 6.71. The lowest BCUT2D eigenvalue weighted by molar-refractivity contribution is 0.0955. The van der Waals surface area contributed by atoms with E-state index in [2.05, 4.69) is 28.9 Å². The fraction of sp³-hybridized carbons (Fsp3) is 0.200. The molecule has 1 N–H and O–H groups in total. The molecule has 0 radical (unpaired) electrons. The number of carbonyl (C=O) groups excluding carboxylic acids is 1. The molecule has 0 aliphatic heterocycles. The van der Waals surface area contributed by atoms with Crippen LogP contribution in [0.15, 0.2) is 47.8 Å². The van der Waals surface area contributed by atoms with Crippen molar-refractivity contribution in [3.8, 4) is 0 Å². The topological polar surface area (TPSA) is 46.4 Å². The molecule has 0 aliphatic carbocycles. The number of rotatable bonds is 4. The van der Waals surface area contributed by atoms with E-state index in [-0.39, 0.29) is 5.91 Å². The summed E-state index contributed by atoms with van der Waals surface area (Å²) in [5, 5.41) is 4.34. The van der Waals surface area contributed by atoms with Gasteiger partial charge in [-0.2, -0.15) is 5.10 Å². The minimum atomic E-state index is -0.324. The fourth-order valence-electron chi connectivity index (χ4n) is 1.70. The van der Waals surface area contributed by atoms with Crippen LogP contribution in [0.3, 0.4) is 0 Å². The van der Waals surface area contributed by atoms with Crippen molar-refractivity contribution in [1.82, 2.24) is 9.99 Å². The van der Waals surface area contributed by atoms with Crippen molar-refractivity contribution < 1.29 is 4.79 Å². The van der Waals surface area contributed by atoms with Gasteiger partial charge in [-0.3, -0.25) is 4.79 Å². The van der Waals surface area contributed by atoms with Crippen LogP contribution < -0.4 is 5.43 Å². The SMILES string of the molecule is CC(C)n1ccc(/C=N\NC(=O)c2ccccc2Cl)c1. The first-order valence-electron chi connectivity index (χ1n) is 6.33. The van der Waals surface area contributed by atoms with Crippen LogP contribution in [0.2, 0.25) is 5.02 Å². The Bertz CT molecular complexity index is 632. The van der Waals surface area contributed by atoms with E-state index >= 15 is 0 Å². The Morgan fingerprint density at radius 1 is 1.35 bits per heavy atom. The molecule has 2 aromatic rings. The molecule has 0 spiro atoms. The van der Waals surface area contributed by atoms with E-state index in [4.69, 9.17) is 11.6 Å². The Balaban J connectivity index is 1.99. The summed E-state index contributed by atoms with van der Waals surface area (Å²) >= 11 is 5.94. The second-order valence-corrected chi connectivity index (χ2v) is 5.07. The van der Waals surface area contributed by atoms with Crippen molar-refractivity contribution in [2.75, 3.05) is 0 Å². The monoisotopic (exact) mass is 289 g/mol. The van der Waals surface area contributed by atoms with E-state index in [1.807, 2.05) is 18.5 Å². The van der Waals surface area contributed by atoms with E-state index in [9.17, 15) is 4.79 Å². The van der Waals surface area contributed by atoms with Gasteiger partial charge in [0.2, 0.25) is 0 Å². The zero-order valence-corrected chi connectivity index (χ0v) is 12.1. The van der Waals surface area contributed by atoms with Crippen molar-refractivity contribution in [3.63, 3.8) is 0 Å². The predicted molar refractivity (Wildman–Crippen MR) is 81.3 cm³/mol. The van der Waals surface area contributed by atoms with Crippen molar-refractivity contribution in [2.24, 2.45) is 5.10 Å². The van der Waals surface area contributed by atoms with E-state index in [1.54, 1.807) is 30.5 Å². The average Bonchev–Trinajstić information content (AvgIpc) is 2.88. The molecule has 20 heavy (non-hydrogen) atoms. The molecule has 104 valence electrons. The molecule has 0 aliphatic rings. The van der Waals surface area contributed by atoms with Gasteiger partial charge >= 0.3 is 0 Å². The highest BCUT2D eigenvalue weighted by Gasteiger charge is 2.07. The molecule has 1 heterocycles. The smallest absolute Gasteiger partial charge is 0.272 e. The highest BCUT2D eigenvalue weighted by atomic mass is 35.5. The highest BCUT2D eigenvalue weighted by Crippen LogP contribution is 2.14. The highest BCUT2D eigenvalue weighted by molar-refractivity contribution is 6.33. The molecule has 0 bridgehead atoms. The first kappa shape index (κ1) is 14.3. The summed E-state index contributed by atoms with van der Waals surface area (Å²) in [5.41, 5.74) is 3.80. The fourth-order valence-corrected chi connectivity index (χ4v) is 1.92. The number of halogens is 1. The average molecular weight is 290 g/mol. The summed E-state index contributed by atoms with van der Waals surface area (Å²) < 4.78 is 2.07. The Morgan fingerprint density at radius 3 is 2.75 bits per heavy atom. The van der Waals surface area contributed by atoms with Crippen molar-refractivity contribution >= 4 is 23.7 Å². The second-order valence-electron chi connectivity index (χ2n) is 4.66. The Kier molecular flexibility index (Phi) is 4.58. The molecule has 0 unspecified atom stereocenters. The molecular weight excluding hydrogens is 274 g/mol. The normalized spacial score (nSPS) is 11.2. The molecule has 1 aromatic carbocycles. The van der Waals surface area contributed by atoms with Crippen LogP contribution in [0.1, 0.15) is 35.8 Å². The van der Waals surface area contributed by atoms with Gasteiger partial charge < -0.3 is 4.57 Å². The van der Waals surface area contributed by atoms with Gasteiger partial charge in [0.15, 0.2) is 0 Å². The zero-order valence-electron chi connectivity index (χ0n) is 11.4. The van der Waals surface area contributed by atoms with Gasteiger partial charge in [-0.25, -0.2) is 5.43 Å². The van der Waals surface area contributed by atoms with Crippen LogP contribution in [0.25, 0.3) is 0 Å². The van der Waals surface area contributed by atoms with E-state index in [1.165, 1.54) is 0 Å². The number of aromatic nitrogens is 1. The van der Waals surface area contributed by atoms with Gasteiger partial charge in [0, 0.05) is 24.0 Å². The minimum absolute atomic E-state index is 0.324. The molecule has 0 atom stereocenters. The molecule has 0 saturated carbocycles. The van der Waals surface area contributed by atoms with E-state index < -0.39 is 0 Å². The van der Waals surface area contributed by atoms with Gasteiger partial charge in [0.25, 0.3) is 5.91 Å². The third-order valence-electron chi connectivity index (χ3n) is 2.83. The molecule has 1 amide bonds. The van der Waals surface area contributed by atoms with E-state index in [0.717, 1.165) is 5.56 Å². The Morgan fingerprint density at radius 2 is 2.10 bits per heavy atom. The maximum absolute atomic E-state index is 11.9. The largest absolute Gasteiger partial charge is 0.351 e. The summed E-state index contributed by atoms with van der Waals surface area (Å²) in [5.74, 6) is -0.324. The summed E-state index contributed by atoms with van der Waals surface area (Å²) in [6, 6.07) is 9.19. The van der Waals surface area contributed by atoms with Gasteiger partial charge in [0.05, 0.1) is 16.8 Å². The zero-order chi connectivity index (χ0) is 14.5. The maximum atomic E-state index is 11.9. The van der Waals surface area contributed by atoms with Crippen LogP contribution in [-0.2, 0) is 0 Å². The number of benzene rings is 1. The van der Waals surface area contributed by atoms with Crippen LogP contribution in [-0.4, -0.2) is 16.7 Å². The standard InChI is InChI=1S/C15H16ClN3O/c1-11(2)19-8-7-12(10-19)9-17-18-15(20)13-5-3-4-6-14(13)16/h3-11H,1-2H3,(H,18,20)/b17-9-. The number of hydrazone groups is 1. The molecule has 0 saturated heterocycles. The third-order valence-corrected chi connectivity index (χ3v) is 3.16. The first-order chi connectivity index (χ1) is 9.58. The maximum Gasteiger partial charge on any atom is 0.272 e. The predicted octanol–water partition coefficient (Wildman–Crippen LogP) is 3.49. The van der Waals surface area contributed by atoms with Crippen molar-refractivity contribution in [2.45, 2.75) is 19.9 Å². The van der Waals surface area contributed by atoms with Crippen LogP contribution in [0, 0.1) is 0 Å². The Hall–Kier alpha value is -2.07. The number of carbonyl (C=O) groups is 1. The van der Waals surface area contributed by atoms with Gasteiger partial charge in [-0.05, 0) is 32.0 Å². The van der Waals surface area contributed by atoms with Crippen molar-refractivity contribution in [3.05, 3.63) is 58.9 Å². The molecule has 0 fully saturated rings. The number of nitrogens with one attached hydrogen (secondary N) is 1. The van der Waals surface area contributed by atoms with E-state index in [0.29, 0.717) is 16.6 Å². The van der Waals surface area contributed by atoms with Gasteiger partial charge in [-0.15, -0.1) is 0 Å². The summed E-state index contributed by atoms with van der Waals surface area (Å²) in [6.45, 7) is 4.19. The lowest BCUT2D eigenvalue weighted by Crippen LogP contribution is -2.17. The molecule has 2 rings (SSSR count). The number of hydrogen-bond acceptors (Lipinski definition) is 2. The Labute approximate surface area is 123 Å². The quantitative estimate of drug-likeness (QED) is 0.680. The second kappa shape index (κ2) is 6.39. The molecule has 1 aromatic heterocycles. The van der Waals surface area contributed by atoms with Crippen LogP contribution in [0.5, 0.6) is 0 Å². The number of nitrogens with zero attached hydrogens (tertiary/aromatic N) is 2. The molecule has 4 nitrogen and oxygen atoms in total. The van der Waals surface area contributed by atoms with Crippen LogP contribution >= 0.6 is 11.6 Å². The van der Waals surface area contributed by atoms with Crippen molar-refractivity contribution in [1.29, 1.82) is 0 Å². The van der Waals surface area contributed by atoms with Gasteiger partial charge in [0.1, 0.15) is 0 Å². The summed E-state index contributed by atoms with van der Waals surface area (Å²) in [7, 11) is 0. The lowest BCUT2D eigenvalue weighted by Gasteiger charge is -2.04. The lowest BCUT2D eigenvalue weighted by atomic mass is 10.2. The van der Waals surface area contributed by atoms with Crippen LogP contribution in [0.4, 0.5) is 0 Å². The summed E-state index contributed by atoms with van der Waals surface area (Å²) in [4.78, 5) is 11.9. The number of hydrogen-bond donors (Lipinski definition) is 1. The molecular formula is C15H16ClN3O. The third kappa shape index (κ3) is 3.48.